The van der Waals surface area contributed by atoms with Crippen LogP contribution in [0, 0.1) is 0 Å². The van der Waals surface area contributed by atoms with Gasteiger partial charge in [0.1, 0.15) is 0 Å². The van der Waals surface area contributed by atoms with E-state index >= 15 is 0 Å². The van der Waals surface area contributed by atoms with Crippen molar-refractivity contribution in [1.29, 1.82) is 0 Å². The van der Waals surface area contributed by atoms with E-state index in [4.69, 9.17) is 4.98 Å². The lowest BCUT2D eigenvalue weighted by atomic mass is 10.0. The highest BCUT2D eigenvalue weighted by atomic mass is 32.1. The monoisotopic (exact) mass is 604 g/mol. The summed E-state index contributed by atoms with van der Waals surface area (Å²) in [5.74, 6) is 0. The minimum atomic E-state index is 1.02. The Morgan fingerprint density at radius 1 is 0.413 bits per heavy atom. The lowest BCUT2D eigenvalue weighted by Crippen LogP contribution is -2.09. The first kappa shape index (κ1) is 26.6. The molecule has 216 valence electrons. The molecule has 0 radical (unpaired) electrons. The van der Waals surface area contributed by atoms with Gasteiger partial charge in [-0.15, -0.1) is 11.3 Å². The molecule has 0 amide bonds. The molecule has 7 aromatic carbocycles. The van der Waals surface area contributed by atoms with Gasteiger partial charge in [0.15, 0.2) is 0 Å². The summed E-state index contributed by atoms with van der Waals surface area (Å²) in [6, 6.07) is 58.9. The van der Waals surface area contributed by atoms with Crippen molar-refractivity contribution < 1.29 is 0 Å². The molecule has 0 spiro atoms. The molecule has 0 saturated carbocycles. The minimum absolute atomic E-state index is 1.02. The van der Waals surface area contributed by atoms with Gasteiger partial charge in [-0.2, -0.15) is 0 Å². The molecule has 0 aliphatic rings. The molecule has 0 unspecified atom stereocenters. The molecule has 46 heavy (non-hydrogen) atoms. The van der Waals surface area contributed by atoms with E-state index in [9.17, 15) is 0 Å². The molecule has 0 aliphatic carbocycles. The van der Waals surface area contributed by atoms with E-state index < -0.39 is 0 Å². The Morgan fingerprint density at radius 3 is 1.80 bits per heavy atom. The number of benzene rings is 7. The van der Waals surface area contributed by atoms with Crippen LogP contribution in [0.5, 0.6) is 0 Å². The Balaban J connectivity index is 1.11. The smallest absolute Gasteiger partial charge is 0.0715 e. The number of anilines is 3. The molecule has 2 nitrogen and oxygen atoms in total. The molecule has 2 heterocycles. The number of hydrogen-bond donors (Lipinski definition) is 0. The van der Waals surface area contributed by atoms with E-state index in [0.717, 1.165) is 28.1 Å². The Morgan fingerprint density at radius 2 is 1.02 bits per heavy atom. The summed E-state index contributed by atoms with van der Waals surface area (Å²) < 4.78 is 2.54. The molecule has 0 aliphatic heterocycles. The van der Waals surface area contributed by atoms with E-state index in [1.54, 1.807) is 0 Å². The van der Waals surface area contributed by atoms with Crippen LogP contribution in [0.25, 0.3) is 64.1 Å². The highest BCUT2D eigenvalue weighted by Gasteiger charge is 2.15. The Hall–Kier alpha value is -5.77. The first-order valence-corrected chi connectivity index (χ1v) is 16.4. The van der Waals surface area contributed by atoms with E-state index in [-0.39, 0.29) is 0 Å². The van der Waals surface area contributed by atoms with Crippen LogP contribution in [0.1, 0.15) is 0 Å². The topological polar surface area (TPSA) is 16.1 Å². The van der Waals surface area contributed by atoms with E-state index in [0.29, 0.717) is 0 Å². The molecule has 0 bridgehead atoms. The van der Waals surface area contributed by atoms with Gasteiger partial charge in [0.2, 0.25) is 0 Å². The lowest BCUT2D eigenvalue weighted by molar-refractivity contribution is 1.29. The molecule has 9 aromatic rings. The fraction of sp³-hybridized carbons (Fsp3) is 0. The number of pyridine rings is 1. The van der Waals surface area contributed by atoms with Crippen LogP contribution in [-0.4, -0.2) is 4.98 Å². The van der Waals surface area contributed by atoms with Gasteiger partial charge in [0.25, 0.3) is 0 Å². The predicted octanol–water partition coefficient (Wildman–Crippen LogP) is 12.6. The zero-order valence-electron chi connectivity index (χ0n) is 25.0. The molecule has 3 heteroatoms. The highest BCUT2D eigenvalue weighted by molar-refractivity contribution is 7.26. The van der Waals surface area contributed by atoms with Crippen LogP contribution < -0.4 is 4.90 Å². The van der Waals surface area contributed by atoms with Gasteiger partial charge in [0, 0.05) is 44.1 Å². The number of nitrogens with zero attached hydrogens (tertiary/aromatic N) is 2. The third kappa shape index (κ3) is 4.61. The Kier molecular flexibility index (Phi) is 6.36. The molecule has 2 aromatic heterocycles. The molecular formula is C43H28N2S. The van der Waals surface area contributed by atoms with Crippen molar-refractivity contribution in [2.24, 2.45) is 0 Å². The fourth-order valence-corrected chi connectivity index (χ4v) is 7.68. The fourth-order valence-electron chi connectivity index (χ4n) is 6.59. The van der Waals surface area contributed by atoms with Crippen LogP contribution in [0.3, 0.4) is 0 Å². The molecular weight excluding hydrogens is 577 g/mol. The van der Waals surface area contributed by atoms with Crippen LogP contribution in [0.15, 0.2) is 170 Å². The van der Waals surface area contributed by atoms with Crippen molar-refractivity contribution in [1.82, 2.24) is 4.98 Å². The van der Waals surface area contributed by atoms with Crippen molar-refractivity contribution >= 4 is 70.2 Å². The van der Waals surface area contributed by atoms with Crippen LogP contribution in [0.4, 0.5) is 17.1 Å². The Bertz CT molecular complexity index is 2510. The van der Waals surface area contributed by atoms with Gasteiger partial charge in [-0.05, 0) is 81.6 Å². The van der Waals surface area contributed by atoms with E-state index in [2.05, 4.69) is 169 Å². The van der Waals surface area contributed by atoms with Gasteiger partial charge in [-0.25, -0.2) is 0 Å². The summed E-state index contributed by atoms with van der Waals surface area (Å²) in [6.45, 7) is 0. The zero-order valence-corrected chi connectivity index (χ0v) is 25.8. The maximum Gasteiger partial charge on any atom is 0.0715 e. The Labute approximate surface area is 271 Å². The maximum absolute atomic E-state index is 4.87. The van der Waals surface area contributed by atoms with Crippen molar-refractivity contribution in [3.63, 3.8) is 0 Å². The van der Waals surface area contributed by atoms with Gasteiger partial charge < -0.3 is 4.90 Å². The first-order valence-electron chi connectivity index (χ1n) is 15.5. The molecule has 9 rings (SSSR count). The average molecular weight is 605 g/mol. The molecule has 0 N–H and O–H groups in total. The zero-order chi connectivity index (χ0) is 30.5. The second kappa shape index (κ2) is 11.0. The standard InChI is InChI=1S/C43H28N2S/c1-2-8-29(9-3-1)31-14-20-35(21-15-31)45(37-24-18-30-10-4-5-11-33(30)26-37)36-22-16-32(17-23-36)34-19-25-38-40(27-34)44-28-42-43(38)39-12-6-7-13-41(39)46-42/h1-28H. The third-order valence-electron chi connectivity index (χ3n) is 8.89. The van der Waals surface area contributed by atoms with Crippen LogP contribution >= 0.6 is 11.3 Å². The molecule has 0 atom stereocenters. The average Bonchev–Trinajstić information content (AvgIpc) is 3.52. The quantitative estimate of drug-likeness (QED) is 0.194. The van der Waals surface area contributed by atoms with Crippen LogP contribution in [0.2, 0.25) is 0 Å². The summed E-state index contributed by atoms with van der Waals surface area (Å²) in [6.07, 6.45) is 2.03. The molecule has 0 saturated heterocycles. The summed E-state index contributed by atoms with van der Waals surface area (Å²) in [7, 11) is 0. The maximum atomic E-state index is 4.87. The first-order chi connectivity index (χ1) is 22.8. The van der Waals surface area contributed by atoms with Crippen molar-refractivity contribution in [2.75, 3.05) is 4.90 Å². The van der Waals surface area contributed by atoms with Gasteiger partial charge in [0.05, 0.1) is 10.2 Å². The summed E-state index contributed by atoms with van der Waals surface area (Å²) in [5.41, 5.74) is 9.12. The van der Waals surface area contributed by atoms with Gasteiger partial charge in [-0.3, -0.25) is 4.98 Å². The van der Waals surface area contributed by atoms with Crippen LogP contribution in [-0.2, 0) is 0 Å². The number of thiophene rings is 1. The van der Waals surface area contributed by atoms with E-state index in [1.165, 1.54) is 53.0 Å². The summed E-state index contributed by atoms with van der Waals surface area (Å²) in [5, 5.41) is 6.27. The van der Waals surface area contributed by atoms with E-state index in [1.807, 2.05) is 17.5 Å². The normalized spacial score (nSPS) is 11.5. The highest BCUT2D eigenvalue weighted by Crippen LogP contribution is 2.40. The number of hydrogen-bond acceptors (Lipinski definition) is 3. The second-order valence-electron chi connectivity index (χ2n) is 11.7. The van der Waals surface area contributed by atoms with Crippen molar-refractivity contribution in [3.05, 3.63) is 170 Å². The predicted molar refractivity (Wildman–Crippen MR) is 198 cm³/mol. The van der Waals surface area contributed by atoms with Crippen molar-refractivity contribution in [2.45, 2.75) is 0 Å². The number of fused-ring (bicyclic) bond motifs is 6. The lowest BCUT2D eigenvalue weighted by Gasteiger charge is -2.26. The summed E-state index contributed by atoms with van der Waals surface area (Å²) in [4.78, 5) is 7.21. The third-order valence-corrected chi connectivity index (χ3v) is 10.00. The van der Waals surface area contributed by atoms with Gasteiger partial charge in [-0.1, -0.05) is 115 Å². The molecule has 0 fully saturated rings. The summed E-state index contributed by atoms with van der Waals surface area (Å²) >= 11 is 1.81. The minimum Gasteiger partial charge on any atom is -0.310 e. The largest absolute Gasteiger partial charge is 0.310 e. The SMILES string of the molecule is c1ccc(-c2ccc(N(c3ccc(-c4ccc5c(c4)ncc4sc6ccccc6c45)cc3)c3ccc4ccccc4c3)cc2)cc1. The number of aromatic nitrogens is 1. The second-order valence-corrected chi connectivity index (χ2v) is 12.7. The van der Waals surface area contributed by atoms with Gasteiger partial charge >= 0.3 is 0 Å². The van der Waals surface area contributed by atoms with Crippen molar-refractivity contribution in [3.8, 4) is 22.3 Å². The number of rotatable bonds is 5.